The second kappa shape index (κ2) is 7.71. The lowest BCUT2D eigenvalue weighted by atomic mass is 10.0. The normalized spacial score (nSPS) is 11.8. The highest BCUT2D eigenvalue weighted by Crippen LogP contribution is 2.33. The summed E-state index contributed by atoms with van der Waals surface area (Å²) in [6, 6.07) is 16.4. The predicted molar refractivity (Wildman–Crippen MR) is 90.8 cm³/mol. The van der Waals surface area contributed by atoms with Gasteiger partial charge in [-0.25, -0.2) is 0 Å². The third-order valence-corrected chi connectivity index (χ3v) is 3.82. The Hall–Kier alpha value is -2.20. The molecule has 0 saturated carbocycles. The van der Waals surface area contributed by atoms with Crippen LogP contribution >= 0.6 is 0 Å². The Morgan fingerprint density at radius 2 is 1.68 bits per heavy atom. The topological polar surface area (TPSA) is 47.7 Å². The Balaban J connectivity index is 2.38. The largest absolute Gasteiger partial charge is 0.493 e. The molecule has 118 valence electrons. The molecule has 0 saturated heterocycles. The SMILES string of the molecule is CCN(c1ccccc1)C(CN)c1ccc(OC)c(OC)c1. The molecule has 1 unspecified atom stereocenters. The highest BCUT2D eigenvalue weighted by atomic mass is 16.5. The summed E-state index contributed by atoms with van der Waals surface area (Å²) in [5, 5.41) is 0. The minimum absolute atomic E-state index is 0.0900. The van der Waals surface area contributed by atoms with Crippen molar-refractivity contribution in [2.75, 3.05) is 32.2 Å². The number of benzene rings is 2. The number of nitrogens with two attached hydrogens (primary N) is 1. The maximum Gasteiger partial charge on any atom is 0.161 e. The Morgan fingerprint density at radius 1 is 1.00 bits per heavy atom. The van der Waals surface area contributed by atoms with Gasteiger partial charge in [-0.3, -0.25) is 0 Å². The second-order valence-electron chi connectivity index (χ2n) is 4.99. The number of rotatable bonds is 7. The molecule has 2 rings (SSSR count). The zero-order chi connectivity index (χ0) is 15.9. The Morgan fingerprint density at radius 3 is 2.23 bits per heavy atom. The lowest BCUT2D eigenvalue weighted by Crippen LogP contribution is -2.33. The van der Waals surface area contributed by atoms with Crippen molar-refractivity contribution in [1.82, 2.24) is 0 Å². The molecule has 4 heteroatoms. The van der Waals surface area contributed by atoms with Crippen LogP contribution in [0.2, 0.25) is 0 Å². The van der Waals surface area contributed by atoms with E-state index in [0.717, 1.165) is 29.3 Å². The van der Waals surface area contributed by atoms with Gasteiger partial charge < -0.3 is 20.1 Å². The van der Waals surface area contributed by atoms with Crippen molar-refractivity contribution in [1.29, 1.82) is 0 Å². The summed E-state index contributed by atoms with van der Waals surface area (Å²) in [5.74, 6) is 1.45. The van der Waals surface area contributed by atoms with Gasteiger partial charge in [-0.05, 0) is 36.8 Å². The van der Waals surface area contributed by atoms with E-state index in [9.17, 15) is 0 Å². The lowest BCUT2D eigenvalue weighted by Gasteiger charge is -2.32. The van der Waals surface area contributed by atoms with Crippen LogP contribution in [0.4, 0.5) is 5.69 Å². The van der Waals surface area contributed by atoms with E-state index in [1.807, 2.05) is 36.4 Å². The molecule has 0 bridgehead atoms. The number of hydrogen-bond acceptors (Lipinski definition) is 4. The predicted octanol–water partition coefficient (Wildman–Crippen LogP) is 3.23. The van der Waals surface area contributed by atoms with Crippen molar-refractivity contribution in [3.05, 3.63) is 54.1 Å². The maximum atomic E-state index is 6.07. The Kier molecular flexibility index (Phi) is 5.67. The van der Waals surface area contributed by atoms with E-state index in [0.29, 0.717) is 6.54 Å². The number of nitrogens with zero attached hydrogens (tertiary/aromatic N) is 1. The fourth-order valence-corrected chi connectivity index (χ4v) is 2.71. The zero-order valence-electron chi connectivity index (χ0n) is 13.5. The van der Waals surface area contributed by atoms with E-state index in [-0.39, 0.29) is 6.04 Å². The Bertz CT molecular complexity index is 587. The van der Waals surface area contributed by atoms with Gasteiger partial charge in [0.1, 0.15) is 0 Å². The van der Waals surface area contributed by atoms with E-state index in [4.69, 9.17) is 15.2 Å². The summed E-state index contributed by atoms with van der Waals surface area (Å²) >= 11 is 0. The van der Waals surface area contributed by atoms with Crippen LogP contribution in [0.3, 0.4) is 0 Å². The van der Waals surface area contributed by atoms with E-state index >= 15 is 0 Å². The molecule has 0 amide bonds. The summed E-state index contributed by atoms with van der Waals surface area (Å²) in [5.41, 5.74) is 8.35. The van der Waals surface area contributed by atoms with Crippen LogP contribution in [-0.4, -0.2) is 27.3 Å². The summed E-state index contributed by atoms with van der Waals surface area (Å²) in [7, 11) is 3.29. The van der Waals surface area contributed by atoms with Crippen LogP contribution in [0, 0.1) is 0 Å². The van der Waals surface area contributed by atoms with Crippen molar-refractivity contribution in [3.63, 3.8) is 0 Å². The maximum absolute atomic E-state index is 6.07. The number of hydrogen-bond donors (Lipinski definition) is 1. The monoisotopic (exact) mass is 300 g/mol. The van der Waals surface area contributed by atoms with Crippen LogP contribution in [0.1, 0.15) is 18.5 Å². The molecule has 0 aliphatic heterocycles. The summed E-state index contributed by atoms with van der Waals surface area (Å²) in [4.78, 5) is 2.29. The van der Waals surface area contributed by atoms with E-state index in [1.54, 1.807) is 14.2 Å². The zero-order valence-corrected chi connectivity index (χ0v) is 13.5. The third kappa shape index (κ3) is 3.34. The van der Waals surface area contributed by atoms with Gasteiger partial charge in [-0.2, -0.15) is 0 Å². The molecule has 4 nitrogen and oxygen atoms in total. The van der Waals surface area contributed by atoms with Gasteiger partial charge in [0, 0.05) is 18.8 Å². The van der Waals surface area contributed by atoms with Gasteiger partial charge >= 0.3 is 0 Å². The van der Waals surface area contributed by atoms with Crippen LogP contribution in [0.15, 0.2) is 48.5 Å². The van der Waals surface area contributed by atoms with E-state index < -0.39 is 0 Å². The molecule has 0 spiro atoms. The number of likely N-dealkylation sites (N-methyl/N-ethyl adjacent to an activating group) is 1. The van der Waals surface area contributed by atoms with Gasteiger partial charge in [0.25, 0.3) is 0 Å². The fourth-order valence-electron chi connectivity index (χ4n) is 2.71. The molecule has 2 N–H and O–H groups in total. The molecule has 0 aromatic heterocycles. The lowest BCUT2D eigenvalue weighted by molar-refractivity contribution is 0.354. The standard InChI is InChI=1S/C18H24N2O2/c1-4-20(15-8-6-5-7-9-15)16(13-19)14-10-11-17(21-2)18(12-14)22-3/h5-12,16H,4,13,19H2,1-3H3. The summed E-state index contributed by atoms with van der Waals surface area (Å²) < 4.78 is 10.7. The minimum atomic E-state index is 0.0900. The number of anilines is 1. The van der Waals surface area contributed by atoms with Crippen molar-refractivity contribution >= 4 is 5.69 Å². The summed E-state index contributed by atoms with van der Waals surface area (Å²) in [6.07, 6.45) is 0. The molecule has 2 aromatic rings. The first-order valence-corrected chi connectivity index (χ1v) is 7.48. The number of methoxy groups -OCH3 is 2. The first kappa shape index (κ1) is 16.2. The number of para-hydroxylation sites is 1. The highest BCUT2D eigenvalue weighted by molar-refractivity contribution is 5.51. The molecule has 0 aliphatic carbocycles. The van der Waals surface area contributed by atoms with Crippen LogP contribution in [0.25, 0.3) is 0 Å². The van der Waals surface area contributed by atoms with Gasteiger partial charge in [-0.15, -0.1) is 0 Å². The smallest absolute Gasteiger partial charge is 0.161 e. The number of ether oxygens (including phenoxy) is 2. The molecule has 0 fully saturated rings. The van der Waals surface area contributed by atoms with Crippen LogP contribution in [0.5, 0.6) is 11.5 Å². The van der Waals surface area contributed by atoms with Crippen molar-refractivity contribution < 1.29 is 9.47 Å². The van der Waals surface area contributed by atoms with Gasteiger partial charge in [0.05, 0.1) is 20.3 Å². The average Bonchev–Trinajstić information content (AvgIpc) is 2.59. The van der Waals surface area contributed by atoms with Gasteiger partial charge in [0.15, 0.2) is 11.5 Å². The van der Waals surface area contributed by atoms with Crippen LogP contribution < -0.4 is 20.1 Å². The Labute approximate surface area is 132 Å². The van der Waals surface area contributed by atoms with Crippen molar-refractivity contribution in [2.24, 2.45) is 5.73 Å². The molecular weight excluding hydrogens is 276 g/mol. The quantitative estimate of drug-likeness (QED) is 0.853. The van der Waals surface area contributed by atoms with Gasteiger partial charge in [-0.1, -0.05) is 24.3 Å². The van der Waals surface area contributed by atoms with Crippen molar-refractivity contribution in [2.45, 2.75) is 13.0 Å². The van der Waals surface area contributed by atoms with E-state index in [2.05, 4.69) is 24.0 Å². The summed E-state index contributed by atoms with van der Waals surface area (Å²) in [6.45, 7) is 3.54. The molecular formula is C18H24N2O2. The third-order valence-electron chi connectivity index (χ3n) is 3.82. The molecule has 22 heavy (non-hydrogen) atoms. The minimum Gasteiger partial charge on any atom is -0.493 e. The first-order valence-electron chi connectivity index (χ1n) is 7.48. The molecule has 0 radical (unpaired) electrons. The highest BCUT2D eigenvalue weighted by Gasteiger charge is 2.19. The fraction of sp³-hybridized carbons (Fsp3) is 0.333. The van der Waals surface area contributed by atoms with Gasteiger partial charge in [0.2, 0.25) is 0 Å². The molecule has 1 atom stereocenters. The second-order valence-corrected chi connectivity index (χ2v) is 4.99. The van der Waals surface area contributed by atoms with Crippen LogP contribution in [-0.2, 0) is 0 Å². The molecule has 2 aromatic carbocycles. The first-order chi connectivity index (χ1) is 10.7. The molecule has 0 heterocycles. The van der Waals surface area contributed by atoms with E-state index in [1.165, 1.54) is 0 Å². The average molecular weight is 300 g/mol. The molecule has 0 aliphatic rings. The van der Waals surface area contributed by atoms with Crippen molar-refractivity contribution in [3.8, 4) is 11.5 Å².